The van der Waals surface area contributed by atoms with Gasteiger partial charge >= 0.3 is 11.7 Å². The Morgan fingerprint density at radius 2 is 1.85 bits per heavy atom. The summed E-state index contributed by atoms with van der Waals surface area (Å²) in [5.74, 6) is -1.84. The van der Waals surface area contributed by atoms with Gasteiger partial charge in [-0.25, -0.2) is 4.79 Å². The van der Waals surface area contributed by atoms with E-state index >= 15 is 0 Å². The molecule has 144 valence electrons. The Hall–Kier alpha value is -2.58. The number of aromatic nitrogens is 2. The molecule has 0 amide bonds. The number of carbonyl (C=O) groups excluding carboxylic acids is 2. The van der Waals surface area contributed by atoms with E-state index in [1.165, 1.54) is 0 Å². The molecule has 0 aliphatic heterocycles. The van der Waals surface area contributed by atoms with Crippen LogP contribution < -0.4 is 17.0 Å². The Balaban J connectivity index is 2.14. The number of aromatic amines is 1. The third-order valence-corrected chi connectivity index (χ3v) is 4.42. The fraction of sp³-hybridized carbons (Fsp3) is 0.294. The van der Waals surface area contributed by atoms with E-state index in [1.807, 2.05) is 4.98 Å². The zero-order valence-corrected chi connectivity index (χ0v) is 15.9. The SMILES string of the molecule is CCCn1c(N)c(C(=O)COC(=O)Cc2c(Cl)cccc2Cl)c(=O)[nH]c1=O. The standard InChI is InChI=1S/C17H17Cl2N3O5/c1-2-6-22-15(20)14(16(25)21-17(22)26)12(23)8-27-13(24)7-9-10(18)4-3-5-11(9)19/h3-5H,2,6-8,20H2,1H3,(H,21,25,26). The number of nitrogens with zero attached hydrogens (tertiary/aromatic N) is 1. The van der Waals surface area contributed by atoms with Crippen molar-refractivity contribution < 1.29 is 14.3 Å². The van der Waals surface area contributed by atoms with E-state index < -0.39 is 35.2 Å². The smallest absolute Gasteiger partial charge is 0.329 e. The van der Waals surface area contributed by atoms with Crippen LogP contribution in [0.15, 0.2) is 27.8 Å². The topological polar surface area (TPSA) is 124 Å². The van der Waals surface area contributed by atoms with Crippen LogP contribution in [0, 0.1) is 0 Å². The molecule has 0 fully saturated rings. The molecule has 2 rings (SSSR count). The molecule has 0 saturated heterocycles. The molecule has 0 unspecified atom stereocenters. The minimum Gasteiger partial charge on any atom is -0.457 e. The van der Waals surface area contributed by atoms with Crippen LogP contribution in [0.4, 0.5) is 5.82 Å². The van der Waals surface area contributed by atoms with Crippen molar-refractivity contribution in [3.63, 3.8) is 0 Å². The number of ketones is 1. The lowest BCUT2D eigenvalue weighted by Crippen LogP contribution is -2.37. The molecule has 8 nitrogen and oxygen atoms in total. The van der Waals surface area contributed by atoms with E-state index in [0.717, 1.165) is 4.57 Å². The van der Waals surface area contributed by atoms with Gasteiger partial charge in [-0.1, -0.05) is 36.2 Å². The molecule has 0 bridgehead atoms. The van der Waals surface area contributed by atoms with Crippen molar-refractivity contribution in [3.8, 4) is 0 Å². The summed E-state index contributed by atoms with van der Waals surface area (Å²) in [6.07, 6.45) is 0.324. The third-order valence-electron chi connectivity index (χ3n) is 3.71. The summed E-state index contributed by atoms with van der Waals surface area (Å²) in [5.41, 5.74) is 4.09. The van der Waals surface area contributed by atoms with E-state index in [4.69, 9.17) is 33.7 Å². The number of halogens is 2. The maximum absolute atomic E-state index is 12.3. The molecular formula is C17H17Cl2N3O5. The van der Waals surface area contributed by atoms with E-state index in [1.54, 1.807) is 25.1 Å². The number of nitrogen functional groups attached to an aromatic ring is 1. The number of esters is 1. The van der Waals surface area contributed by atoms with Crippen molar-refractivity contribution in [2.75, 3.05) is 12.3 Å². The van der Waals surface area contributed by atoms with Gasteiger partial charge in [-0.05, 0) is 18.6 Å². The van der Waals surface area contributed by atoms with E-state index in [-0.39, 0.29) is 28.8 Å². The average molecular weight is 414 g/mol. The van der Waals surface area contributed by atoms with Gasteiger partial charge in [0.15, 0.2) is 6.61 Å². The maximum atomic E-state index is 12.3. The number of ether oxygens (including phenoxy) is 1. The van der Waals surface area contributed by atoms with Crippen LogP contribution in [0.2, 0.25) is 10.0 Å². The zero-order chi connectivity index (χ0) is 20.1. The van der Waals surface area contributed by atoms with Crippen LogP contribution in [0.25, 0.3) is 0 Å². The highest BCUT2D eigenvalue weighted by molar-refractivity contribution is 6.36. The molecule has 0 spiro atoms. The molecule has 3 N–H and O–H groups in total. The molecule has 1 aromatic heterocycles. The lowest BCUT2D eigenvalue weighted by molar-refractivity contribution is -0.141. The van der Waals surface area contributed by atoms with Gasteiger partial charge in [0, 0.05) is 22.2 Å². The van der Waals surface area contributed by atoms with E-state index in [9.17, 15) is 19.2 Å². The van der Waals surface area contributed by atoms with Crippen LogP contribution in [0.1, 0.15) is 29.3 Å². The van der Waals surface area contributed by atoms with Gasteiger partial charge in [0.2, 0.25) is 5.78 Å². The summed E-state index contributed by atoms with van der Waals surface area (Å²) in [6.45, 7) is 1.32. The summed E-state index contributed by atoms with van der Waals surface area (Å²) in [6, 6.07) is 4.76. The second-order valence-corrected chi connectivity index (χ2v) is 6.45. The molecule has 0 aliphatic rings. The number of nitrogens with two attached hydrogens (primary N) is 1. The van der Waals surface area contributed by atoms with Crippen LogP contribution in [-0.2, 0) is 22.5 Å². The first kappa shape index (κ1) is 20.7. The first-order valence-electron chi connectivity index (χ1n) is 8.00. The highest BCUT2D eigenvalue weighted by Crippen LogP contribution is 2.24. The summed E-state index contributed by atoms with van der Waals surface area (Å²) < 4.78 is 5.99. The van der Waals surface area contributed by atoms with Gasteiger partial charge in [-0.2, -0.15) is 0 Å². The fourth-order valence-corrected chi connectivity index (χ4v) is 2.95. The van der Waals surface area contributed by atoms with Gasteiger partial charge < -0.3 is 10.5 Å². The Bertz CT molecular complexity index is 977. The molecule has 27 heavy (non-hydrogen) atoms. The summed E-state index contributed by atoms with van der Waals surface area (Å²) in [4.78, 5) is 50.0. The second kappa shape index (κ2) is 8.88. The molecule has 0 radical (unpaired) electrons. The number of benzene rings is 1. The first-order chi connectivity index (χ1) is 12.8. The first-order valence-corrected chi connectivity index (χ1v) is 8.76. The van der Waals surface area contributed by atoms with Crippen molar-refractivity contribution in [1.29, 1.82) is 0 Å². The lowest BCUT2D eigenvalue weighted by Gasteiger charge is -2.11. The molecule has 1 heterocycles. The Morgan fingerprint density at radius 3 is 2.44 bits per heavy atom. The Kier molecular flexibility index (Phi) is 6.81. The van der Waals surface area contributed by atoms with Crippen LogP contribution >= 0.6 is 23.2 Å². The summed E-state index contributed by atoms with van der Waals surface area (Å²) >= 11 is 12.0. The monoisotopic (exact) mass is 413 g/mol. The number of rotatable bonds is 7. The number of nitrogens with one attached hydrogen (secondary N) is 1. The Labute approximate surface area is 163 Å². The van der Waals surface area contributed by atoms with E-state index in [2.05, 4.69) is 0 Å². The summed E-state index contributed by atoms with van der Waals surface area (Å²) in [5, 5.41) is 0.580. The molecule has 0 atom stereocenters. The zero-order valence-electron chi connectivity index (χ0n) is 14.4. The molecular weight excluding hydrogens is 397 g/mol. The van der Waals surface area contributed by atoms with Crippen molar-refractivity contribution in [2.45, 2.75) is 26.3 Å². The second-order valence-electron chi connectivity index (χ2n) is 5.63. The highest BCUT2D eigenvalue weighted by Gasteiger charge is 2.21. The lowest BCUT2D eigenvalue weighted by atomic mass is 10.1. The quantitative estimate of drug-likeness (QED) is 0.526. The molecule has 0 aliphatic carbocycles. The number of Topliss-reactive ketones (excluding diaryl/α,β-unsaturated/α-hetero) is 1. The predicted molar refractivity (Wildman–Crippen MR) is 101 cm³/mol. The Morgan fingerprint density at radius 1 is 1.22 bits per heavy atom. The number of hydrogen-bond donors (Lipinski definition) is 2. The number of hydrogen-bond acceptors (Lipinski definition) is 6. The minimum absolute atomic E-state index is 0.229. The molecule has 0 saturated carbocycles. The number of H-pyrrole nitrogens is 1. The third kappa shape index (κ3) is 4.78. The van der Waals surface area contributed by atoms with Crippen LogP contribution in [0.5, 0.6) is 0 Å². The van der Waals surface area contributed by atoms with Gasteiger partial charge in [-0.3, -0.25) is 23.9 Å². The minimum atomic E-state index is -0.931. The van der Waals surface area contributed by atoms with Gasteiger partial charge in [0.25, 0.3) is 5.56 Å². The summed E-state index contributed by atoms with van der Waals surface area (Å²) in [7, 11) is 0. The molecule has 1 aromatic carbocycles. The maximum Gasteiger partial charge on any atom is 0.329 e. The van der Waals surface area contributed by atoms with Gasteiger partial charge in [-0.15, -0.1) is 0 Å². The molecule has 2 aromatic rings. The van der Waals surface area contributed by atoms with Gasteiger partial charge in [0.05, 0.1) is 6.42 Å². The van der Waals surface area contributed by atoms with Crippen LogP contribution in [0.3, 0.4) is 0 Å². The van der Waals surface area contributed by atoms with Crippen molar-refractivity contribution in [3.05, 3.63) is 60.2 Å². The van der Waals surface area contributed by atoms with Crippen LogP contribution in [-0.4, -0.2) is 27.9 Å². The predicted octanol–water partition coefficient (Wildman–Crippen LogP) is 1.80. The fourth-order valence-electron chi connectivity index (χ4n) is 2.42. The normalized spacial score (nSPS) is 10.6. The molecule has 10 heteroatoms. The average Bonchev–Trinajstić information content (AvgIpc) is 2.60. The van der Waals surface area contributed by atoms with Gasteiger partial charge in [0.1, 0.15) is 11.4 Å². The number of carbonyl (C=O) groups is 2. The van der Waals surface area contributed by atoms with Crippen molar-refractivity contribution in [2.24, 2.45) is 0 Å². The number of anilines is 1. The van der Waals surface area contributed by atoms with E-state index in [0.29, 0.717) is 12.0 Å². The largest absolute Gasteiger partial charge is 0.457 e. The van der Waals surface area contributed by atoms with Crippen molar-refractivity contribution in [1.82, 2.24) is 9.55 Å². The highest BCUT2D eigenvalue weighted by atomic mass is 35.5. The van der Waals surface area contributed by atoms with Crippen molar-refractivity contribution >= 4 is 40.8 Å².